The topological polar surface area (TPSA) is 0 Å². The average molecular weight is 580 g/mol. The Labute approximate surface area is 131 Å². The Morgan fingerprint density at radius 3 is 1.60 bits per heavy atom. The van der Waals surface area contributed by atoms with Gasteiger partial charge in [0.1, 0.15) is 0 Å². The molecule has 86 valence electrons. The molecule has 0 saturated carbocycles. The third-order valence-electron chi connectivity index (χ3n) is 2.19. The Morgan fingerprint density at radius 2 is 1.33 bits per heavy atom. The van der Waals surface area contributed by atoms with Gasteiger partial charge in [0, 0.05) is 0 Å². The first-order chi connectivity index (χ1) is 6.88. The zero-order chi connectivity index (χ0) is 12.0. The molecule has 0 aliphatic rings. The first-order valence-corrected chi connectivity index (χ1v) is 18.2. The Kier molecular flexibility index (Phi) is 10.2. The number of hydrogen-bond donors (Lipinski definition) is 0. The van der Waals surface area contributed by atoms with Gasteiger partial charge in [0.2, 0.25) is 0 Å². The van der Waals surface area contributed by atoms with Gasteiger partial charge in [0.15, 0.2) is 0 Å². The summed E-state index contributed by atoms with van der Waals surface area (Å²) in [4.78, 5) is -0.278. The van der Waals surface area contributed by atoms with Gasteiger partial charge < -0.3 is 0 Å². The second kappa shape index (κ2) is 9.00. The molecule has 0 N–H and O–H groups in total. The Morgan fingerprint density at radius 1 is 1.00 bits per heavy atom. The molecular weight excluding hydrogens is 564 g/mol. The number of benzene rings is 1. The van der Waals surface area contributed by atoms with Gasteiger partial charge in [-0.15, -0.1) is 0 Å². The van der Waals surface area contributed by atoms with E-state index in [2.05, 4.69) is 99.8 Å². The van der Waals surface area contributed by atoms with Gasteiger partial charge in [0.25, 0.3) is 0 Å². The monoisotopic (exact) mass is 580 g/mol. The van der Waals surface area contributed by atoms with E-state index in [1.807, 2.05) is 0 Å². The quantitative estimate of drug-likeness (QED) is 0.368. The summed E-state index contributed by atoms with van der Waals surface area (Å²) in [5.74, 6) is 0. The van der Waals surface area contributed by atoms with Gasteiger partial charge in [0.05, 0.1) is 0 Å². The summed E-state index contributed by atoms with van der Waals surface area (Å²) < 4.78 is 0. The summed E-state index contributed by atoms with van der Waals surface area (Å²) in [6.07, 6.45) is 1.15. The van der Waals surface area contributed by atoms with Crippen LogP contribution in [0.25, 0.3) is 0 Å². The van der Waals surface area contributed by atoms with Crippen LogP contribution < -0.4 is 0 Å². The van der Waals surface area contributed by atoms with Crippen LogP contribution in [0.3, 0.4) is 0 Å². The fraction of sp³-hybridized carbons (Fsp3) is 0.455. The molecule has 1 rings (SSSR count). The first-order valence-electron chi connectivity index (χ1n) is 4.72. The van der Waals surface area contributed by atoms with Crippen LogP contribution >= 0.6 is 59.9 Å². The predicted molar refractivity (Wildman–Crippen MR) is 92.1 cm³/mol. The van der Waals surface area contributed by atoms with Crippen molar-refractivity contribution in [3.8, 4) is 0 Å². The van der Waals surface area contributed by atoms with Gasteiger partial charge in [-0.25, -0.2) is 0 Å². The molecule has 0 amide bonds. The maximum absolute atomic E-state index is 2.46. The molecule has 0 fully saturated rings. The van der Waals surface area contributed by atoms with Gasteiger partial charge >= 0.3 is 64.9 Å². The fourth-order valence-corrected chi connectivity index (χ4v) is 1.77. The van der Waals surface area contributed by atoms with Crippen molar-refractivity contribution in [3.63, 3.8) is 0 Å². The maximum atomic E-state index is 2.46. The van der Waals surface area contributed by atoms with Crippen molar-refractivity contribution < 1.29 is 4.92 Å². The van der Waals surface area contributed by atoms with Gasteiger partial charge in [-0.3, -0.25) is 0 Å². The molecule has 1 aromatic rings. The minimum absolute atomic E-state index is 0.278. The number of rotatable bonds is 1. The van der Waals surface area contributed by atoms with Crippen molar-refractivity contribution in [1.82, 2.24) is 0 Å². The molecule has 0 aromatic heterocycles. The van der Waals surface area contributed by atoms with Gasteiger partial charge in [-0.1, -0.05) is 24.6 Å². The molecule has 0 spiro atoms. The molecule has 0 unspecified atom stereocenters. The molecule has 15 heavy (non-hydrogen) atoms. The summed E-state index contributed by atoms with van der Waals surface area (Å²) in [7, 11) is 0. The summed E-state index contributed by atoms with van der Waals surface area (Å²) in [5.41, 5.74) is 5.75. The second-order valence-electron chi connectivity index (χ2n) is 3.42. The van der Waals surface area contributed by atoms with Gasteiger partial charge in [-0.05, 0) is 43.9 Å². The van der Waals surface area contributed by atoms with Crippen LogP contribution in [0.4, 0.5) is 0 Å². The van der Waals surface area contributed by atoms with Crippen LogP contribution in [0.1, 0.15) is 29.2 Å². The van der Waals surface area contributed by atoms with Crippen molar-refractivity contribution >= 4 is 59.9 Å². The summed E-state index contributed by atoms with van der Waals surface area (Å²) in [5, 5.41) is 0. The van der Waals surface area contributed by atoms with Crippen LogP contribution in [-0.4, -0.2) is 0 Å². The van der Waals surface area contributed by atoms with Crippen LogP contribution in [-0.2, 0) is 11.3 Å². The fourth-order valence-electron chi connectivity index (χ4n) is 1.77. The first kappa shape index (κ1) is 17.0. The molecule has 0 heterocycles. The van der Waals surface area contributed by atoms with E-state index in [0.717, 1.165) is 6.42 Å². The second-order valence-corrected chi connectivity index (χ2v) is 38.8. The van der Waals surface area contributed by atoms with E-state index in [1.165, 1.54) is 22.3 Å². The third kappa shape index (κ3) is 7.84. The summed E-state index contributed by atoms with van der Waals surface area (Å²) >= 11 is 7.39. The molecule has 0 aliphatic heterocycles. The SMILES string of the molecule is CCc1c(C)cc(C)cc1C.[I][V]([I])[I]. The van der Waals surface area contributed by atoms with E-state index in [0.29, 0.717) is 0 Å². The summed E-state index contributed by atoms with van der Waals surface area (Å²) in [6, 6.07) is 4.51. The average Bonchev–Trinajstić information content (AvgIpc) is 2.01. The van der Waals surface area contributed by atoms with Gasteiger partial charge in [-0.2, -0.15) is 0 Å². The van der Waals surface area contributed by atoms with Crippen LogP contribution in [0.15, 0.2) is 12.1 Å². The molecule has 0 atom stereocenters. The van der Waals surface area contributed by atoms with E-state index in [4.69, 9.17) is 0 Å². The van der Waals surface area contributed by atoms with E-state index >= 15 is 0 Å². The van der Waals surface area contributed by atoms with Crippen LogP contribution in [0.5, 0.6) is 0 Å². The van der Waals surface area contributed by atoms with Crippen molar-refractivity contribution in [2.45, 2.75) is 34.1 Å². The molecule has 0 bridgehead atoms. The van der Waals surface area contributed by atoms with E-state index in [1.54, 1.807) is 0 Å². The zero-order valence-electron chi connectivity index (χ0n) is 9.44. The molecule has 0 saturated heterocycles. The molecule has 0 radical (unpaired) electrons. The standard InChI is InChI=1S/C11H16.3HI.V/c1-5-11-9(3)6-8(2)7-10(11)4;;;;/h6-7H,5H2,1-4H3;3*1H;/q;;;;+3/p-3. The normalized spacial score (nSPS) is 9.87. The van der Waals surface area contributed by atoms with Crippen LogP contribution in [0.2, 0.25) is 0 Å². The van der Waals surface area contributed by atoms with Crippen molar-refractivity contribution in [2.24, 2.45) is 0 Å². The van der Waals surface area contributed by atoms with Crippen molar-refractivity contribution in [1.29, 1.82) is 0 Å². The Balaban J connectivity index is 0.000000423. The molecule has 4 heteroatoms. The number of halogens is 3. The molecular formula is C11H16I3V. The molecule has 0 nitrogen and oxygen atoms in total. The van der Waals surface area contributed by atoms with Crippen molar-refractivity contribution in [3.05, 3.63) is 34.4 Å². The predicted octanol–water partition coefficient (Wildman–Crippen LogP) is 5.83. The van der Waals surface area contributed by atoms with E-state index < -0.39 is 0 Å². The zero-order valence-corrected chi connectivity index (χ0v) is 17.3. The van der Waals surface area contributed by atoms with E-state index in [-0.39, 0.29) is 4.92 Å². The number of hydrogen-bond acceptors (Lipinski definition) is 0. The molecule has 0 aliphatic carbocycles. The van der Waals surface area contributed by atoms with Crippen LogP contribution in [0, 0.1) is 20.8 Å². The number of aryl methyl sites for hydroxylation is 3. The minimum atomic E-state index is -0.278. The summed E-state index contributed by atoms with van der Waals surface area (Å²) in [6.45, 7) is 8.75. The molecule has 1 aromatic carbocycles. The van der Waals surface area contributed by atoms with E-state index in [9.17, 15) is 0 Å². The van der Waals surface area contributed by atoms with Crippen molar-refractivity contribution in [2.75, 3.05) is 0 Å². The Bertz CT molecular complexity index is 285. The Hall–Kier alpha value is 1.99. The third-order valence-corrected chi connectivity index (χ3v) is 2.19.